The Hall–Kier alpha value is -4.85. The summed E-state index contributed by atoms with van der Waals surface area (Å²) in [5.74, 6) is -2.68. The average molecular weight is 666 g/mol. The Morgan fingerprint density at radius 3 is 2.54 bits per heavy atom. The second-order valence-corrected chi connectivity index (χ2v) is 12.8. The zero-order chi connectivity index (χ0) is 34.2. The van der Waals surface area contributed by atoms with Crippen molar-refractivity contribution in [2.75, 3.05) is 5.32 Å². The predicted molar refractivity (Wildman–Crippen MR) is 165 cm³/mol. The largest absolute Gasteiger partial charge is 0.469 e. The highest BCUT2D eigenvalue weighted by atomic mass is 19.4. The van der Waals surface area contributed by atoms with Gasteiger partial charge in [0.05, 0.1) is 6.20 Å². The number of fused-ring (bicyclic) bond motifs is 4. The van der Waals surface area contributed by atoms with E-state index in [2.05, 4.69) is 25.9 Å². The molecule has 4 atom stereocenters. The number of carbonyl (C=O) groups is 2. The number of oxazole rings is 2. The number of halogens is 3. The summed E-state index contributed by atoms with van der Waals surface area (Å²) in [4.78, 5) is 36.0. The van der Waals surface area contributed by atoms with Gasteiger partial charge in [0, 0.05) is 17.7 Å². The predicted octanol–water partition coefficient (Wildman–Crippen LogP) is 5.23. The third-order valence-corrected chi connectivity index (χ3v) is 9.62. The molecule has 14 heteroatoms. The normalized spacial score (nSPS) is 22.9. The Balaban J connectivity index is 1.48. The topological polar surface area (TPSA) is 152 Å². The van der Waals surface area contributed by atoms with Crippen LogP contribution < -0.4 is 20.7 Å². The number of anilines is 1. The van der Waals surface area contributed by atoms with Crippen molar-refractivity contribution in [3.63, 3.8) is 0 Å². The molecular weight excluding hydrogens is 631 g/mol. The van der Waals surface area contributed by atoms with E-state index >= 15 is 0 Å². The number of amides is 2. The first-order valence-corrected chi connectivity index (χ1v) is 15.8. The monoisotopic (exact) mass is 665 g/mol. The van der Waals surface area contributed by atoms with Crippen LogP contribution in [-0.2, 0) is 27.6 Å². The molecule has 4 bridgehead atoms. The van der Waals surface area contributed by atoms with Crippen LogP contribution in [-0.4, -0.2) is 44.8 Å². The molecule has 11 nitrogen and oxygen atoms in total. The molecule has 2 aromatic carbocycles. The van der Waals surface area contributed by atoms with Crippen LogP contribution in [0, 0.1) is 5.92 Å². The Morgan fingerprint density at radius 1 is 1.10 bits per heavy atom. The number of alkyl halides is 3. The molecule has 1 spiro atoms. The van der Waals surface area contributed by atoms with E-state index in [4.69, 9.17) is 13.6 Å². The summed E-state index contributed by atoms with van der Waals surface area (Å²) in [5.41, 5.74) is -0.330. The van der Waals surface area contributed by atoms with Crippen LogP contribution >= 0.6 is 0 Å². The lowest BCUT2D eigenvalue weighted by Gasteiger charge is -2.30. The molecule has 0 aliphatic carbocycles. The van der Waals surface area contributed by atoms with Gasteiger partial charge in [-0.2, -0.15) is 13.2 Å². The fourth-order valence-corrected chi connectivity index (χ4v) is 6.83. The number of hydrogen-bond donors (Lipinski definition) is 4. The van der Waals surface area contributed by atoms with E-state index in [9.17, 15) is 27.9 Å². The van der Waals surface area contributed by atoms with Crippen molar-refractivity contribution in [2.24, 2.45) is 5.92 Å². The van der Waals surface area contributed by atoms with E-state index in [1.807, 2.05) is 44.2 Å². The Morgan fingerprint density at radius 2 is 1.85 bits per heavy atom. The lowest BCUT2D eigenvalue weighted by molar-refractivity contribution is -0.152. The summed E-state index contributed by atoms with van der Waals surface area (Å²) >= 11 is 0. The molecule has 0 fully saturated rings. The summed E-state index contributed by atoms with van der Waals surface area (Å²) in [7, 11) is 0. The van der Waals surface area contributed by atoms with Gasteiger partial charge in [-0.25, -0.2) is 9.97 Å². The number of rotatable bonds is 6. The minimum absolute atomic E-state index is 0.00138. The number of benzene rings is 2. The third kappa shape index (κ3) is 4.75. The van der Waals surface area contributed by atoms with E-state index in [1.54, 1.807) is 26.0 Å². The molecule has 3 aliphatic rings. The van der Waals surface area contributed by atoms with Gasteiger partial charge < -0.3 is 34.6 Å². The maximum Gasteiger partial charge on any atom is 0.451 e. The van der Waals surface area contributed by atoms with Crippen LogP contribution in [0.3, 0.4) is 0 Å². The zero-order valence-corrected chi connectivity index (χ0v) is 26.6. The molecule has 4 N–H and O–H groups in total. The number of aliphatic hydroxyl groups is 1. The number of carbonyl (C=O) groups excluding carboxylic acids is 2. The van der Waals surface area contributed by atoms with Crippen LogP contribution in [0.15, 0.2) is 57.5 Å². The van der Waals surface area contributed by atoms with E-state index in [0.717, 1.165) is 11.3 Å². The highest BCUT2D eigenvalue weighted by molar-refractivity contribution is 5.91. The van der Waals surface area contributed by atoms with E-state index < -0.39 is 59.0 Å². The van der Waals surface area contributed by atoms with Gasteiger partial charge in [0.1, 0.15) is 28.8 Å². The van der Waals surface area contributed by atoms with Gasteiger partial charge in [-0.1, -0.05) is 58.0 Å². The van der Waals surface area contributed by atoms with Crippen molar-refractivity contribution in [3.8, 4) is 17.3 Å². The van der Waals surface area contributed by atoms with Gasteiger partial charge in [-0.3, -0.25) is 9.59 Å². The molecule has 2 aromatic heterocycles. The van der Waals surface area contributed by atoms with Crippen LogP contribution in [0.5, 0.6) is 5.75 Å². The summed E-state index contributed by atoms with van der Waals surface area (Å²) in [6.45, 7) is 7.01. The molecule has 3 aliphatic heterocycles. The van der Waals surface area contributed by atoms with Gasteiger partial charge in [-0.15, -0.1) is 0 Å². The number of nitrogens with one attached hydrogen (secondary N) is 3. The first kappa shape index (κ1) is 31.7. The van der Waals surface area contributed by atoms with E-state index in [0.29, 0.717) is 23.1 Å². The number of aromatic nitrogens is 2. The lowest BCUT2D eigenvalue weighted by Crippen LogP contribution is -2.55. The molecule has 48 heavy (non-hydrogen) atoms. The summed E-state index contributed by atoms with van der Waals surface area (Å²) in [6, 6.07) is 10.8. The molecule has 4 aromatic rings. The quantitative estimate of drug-likeness (QED) is 0.217. The van der Waals surface area contributed by atoms with Gasteiger partial charge >= 0.3 is 6.18 Å². The highest BCUT2D eigenvalue weighted by Crippen LogP contribution is 2.59. The number of ether oxygens (including phenoxy) is 1. The first-order valence-electron chi connectivity index (χ1n) is 15.8. The zero-order valence-electron chi connectivity index (χ0n) is 26.6. The van der Waals surface area contributed by atoms with Crippen molar-refractivity contribution < 1.29 is 41.4 Å². The molecule has 1 unspecified atom stereocenters. The maximum absolute atomic E-state index is 14.0. The first-order chi connectivity index (χ1) is 22.8. The van der Waals surface area contributed by atoms with Crippen LogP contribution in [0.1, 0.15) is 80.7 Å². The molecule has 0 radical (unpaired) electrons. The van der Waals surface area contributed by atoms with Crippen molar-refractivity contribution in [3.05, 3.63) is 82.8 Å². The second-order valence-electron chi connectivity index (χ2n) is 12.8. The summed E-state index contributed by atoms with van der Waals surface area (Å²) < 4.78 is 59.4. The Bertz CT molecular complexity index is 1910. The third-order valence-electron chi connectivity index (χ3n) is 9.62. The summed E-state index contributed by atoms with van der Waals surface area (Å²) in [5, 5.41) is 20.0. The van der Waals surface area contributed by atoms with Crippen molar-refractivity contribution >= 4 is 17.5 Å². The minimum atomic E-state index is -4.80. The molecule has 2 amide bonds. The van der Waals surface area contributed by atoms with Crippen LogP contribution in [0.2, 0.25) is 0 Å². The van der Waals surface area contributed by atoms with E-state index in [1.165, 1.54) is 0 Å². The molecule has 5 heterocycles. The molecule has 0 saturated heterocycles. The number of para-hydroxylation sites is 1. The minimum Gasteiger partial charge on any atom is -0.469 e. The second kappa shape index (κ2) is 11.1. The van der Waals surface area contributed by atoms with Crippen molar-refractivity contribution in [2.45, 2.75) is 82.5 Å². The number of hydrogen-bond acceptors (Lipinski definition) is 9. The Kier molecular flexibility index (Phi) is 7.35. The lowest BCUT2D eigenvalue weighted by atomic mass is 9.72. The maximum atomic E-state index is 14.0. The molecular formula is C34H34F3N5O6. The molecule has 7 rings (SSSR count). The van der Waals surface area contributed by atoms with Crippen LogP contribution in [0.4, 0.5) is 18.9 Å². The van der Waals surface area contributed by atoms with Gasteiger partial charge in [0.25, 0.3) is 5.91 Å². The fourth-order valence-electron chi connectivity index (χ4n) is 6.83. The van der Waals surface area contributed by atoms with E-state index in [-0.39, 0.29) is 42.5 Å². The fraction of sp³-hybridized carbons (Fsp3) is 0.412. The van der Waals surface area contributed by atoms with Crippen molar-refractivity contribution in [1.29, 1.82) is 0 Å². The van der Waals surface area contributed by atoms with Crippen LogP contribution in [0.25, 0.3) is 11.6 Å². The van der Waals surface area contributed by atoms with Gasteiger partial charge in [-0.05, 0) is 42.0 Å². The van der Waals surface area contributed by atoms with Gasteiger partial charge in [0.2, 0.25) is 23.4 Å². The Labute approximate surface area is 273 Å². The average Bonchev–Trinajstić information content (AvgIpc) is 3.83. The summed E-state index contributed by atoms with van der Waals surface area (Å²) in [6.07, 6.45) is -4.66. The van der Waals surface area contributed by atoms with Crippen molar-refractivity contribution in [1.82, 2.24) is 20.6 Å². The molecule has 0 saturated carbocycles. The highest BCUT2D eigenvalue weighted by Gasteiger charge is 2.61. The number of nitrogens with zero attached hydrogens (tertiary/aromatic N) is 2. The molecule has 252 valence electrons. The van der Waals surface area contributed by atoms with Gasteiger partial charge in [0.15, 0.2) is 17.7 Å². The smallest absolute Gasteiger partial charge is 0.451 e. The standard InChI is InChI=1S/C34H34F3N5O6/c1-5-32(45,6-2)30(44)39-21-14-17-11-12-22-19(13-17)33(18-9-7-8-10-20(18)40-31(33)46-22)26-25(28-38-15-23(47-28)34(35,36)37)42-29(48-26)24(16(3)4)41-27(21)43/h7-13,15-16,21,24,31,40,45H,5-6,14H2,1-4H3,(H,39,44)(H,41,43)/t21-,24-,31-,33?/m0/s1. The SMILES string of the molecule is CCC(O)(CC)C(=O)N[C@H]1Cc2ccc3c(c2)C2(c4ccccc4N[C@H]2O3)c2oc(nc2-c2ncc(C(F)(F)F)o2)[C@H](C(C)C)NC1=O.